The molecule has 0 aliphatic carbocycles. The fraction of sp³-hybridized carbons (Fsp3) is 0.500. The van der Waals surface area contributed by atoms with Crippen LogP contribution >= 0.6 is 0 Å². The fourth-order valence-corrected chi connectivity index (χ4v) is 3.34. The van der Waals surface area contributed by atoms with Crippen LogP contribution in [0.3, 0.4) is 0 Å². The van der Waals surface area contributed by atoms with Crippen LogP contribution in [0.4, 0.5) is 4.79 Å². The van der Waals surface area contributed by atoms with Crippen LogP contribution in [0.1, 0.15) is 58.9 Å². The van der Waals surface area contributed by atoms with Gasteiger partial charge in [-0.25, -0.2) is 9.80 Å². The van der Waals surface area contributed by atoms with Gasteiger partial charge in [0.15, 0.2) is 0 Å². The molecular weight excluding hydrogens is 532 g/mol. The lowest BCUT2D eigenvalue weighted by molar-refractivity contribution is -0.142. The standard InChI is InChI=1S/C28H42N6O7/c1-5-7-16-33(17-8-6-2)24(36)14-15-25(37)34(18-23(29)35)32-27(39)21(4)30-26(38)20(3)31-28(40)41-19-22-12-10-9-11-13-22/h9-15,20-21H,5-8,16-19H2,1-4H3,(H2,29,35)(H,30,38)(H,31,40)(H,32,39)/b15-14+/t20-,21-/m0/s1. The van der Waals surface area contributed by atoms with Crippen LogP contribution in [-0.2, 0) is 35.3 Å². The van der Waals surface area contributed by atoms with Gasteiger partial charge in [-0.3, -0.25) is 29.4 Å². The largest absolute Gasteiger partial charge is 0.445 e. The number of carbonyl (C=O) groups is 6. The third kappa shape index (κ3) is 14.0. The number of nitrogens with two attached hydrogens (primary N) is 1. The zero-order chi connectivity index (χ0) is 30.8. The van der Waals surface area contributed by atoms with E-state index in [0.717, 1.165) is 43.4 Å². The molecule has 5 N–H and O–H groups in total. The molecule has 0 aliphatic heterocycles. The molecule has 0 fully saturated rings. The van der Waals surface area contributed by atoms with Gasteiger partial charge in [0.2, 0.25) is 17.7 Å². The Morgan fingerprint density at radius 1 is 0.854 bits per heavy atom. The summed E-state index contributed by atoms with van der Waals surface area (Å²) >= 11 is 0. The van der Waals surface area contributed by atoms with Gasteiger partial charge in [0.05, 0.1) is 0 Å². The Morgan fingerprint density at radius 2 is 1.41 bits per heavy atom. The second-order valence-electron chi connectivity index (χ2n) is 9.39. The van der Waals surface area contributed by atoms with Gasteiger partial charge in [0, 0.05) is 25.2 Å². The highest BCUT2D eigenvalue weighted by atomic mass is 16.5. The topological polar surface area (TPSA) is 180 Å². The third-order valence-corrected chi connectivity index (χ3v) is 5.76. The number of benzene rings is 1. The SMILES string of the molecule is CCCCN(CCCC)C(=O)/C=C/C(=O)N(CC(N)=O)NC(=O)[C@H](C)NC(=O)[C@H](C)NC(=O)OCc1ccccc1. The van der Waals surface area contributed by atoms with Crippen molar-refractivity contribution in [2.45, 2.75) is 72.1 Å². The molecule has 1 aromatic carbocycles. The van der Waals surface area contributed by atoms with E-state index in [9.17, 15) is 28.8 Å². The number of hydrogen-bond donors (Lipinski definition) is 4. The molecule has 0 bridgehead atoms. The number of carbonyl (C=O) groups excluding carboxylic acids is 6. The van der Waals surface area contributed by atoms with Crippen molar-refractivity contribution in [1.29, 1.82) is 0 Å². The van der Waals surface area contributed by atoms with E-state index in [1.165, 1.54) is 13.8 Å². The summed E-state index contributed by atoms with van der Waals surface area (Å²) < 4.78 is 5.08. The average molecular weight is 575 g/mol. The summed E-state index contributed by atoms with van der Waals surface area (Å²) in [6, 6.07) is 6.76. The predicted molar refractivity (Wildman–Crippen MR) is 151 cm³/mol. The van der Waals surface area contributed by atoms with E-state index in [1.807, 2.05) is 19.9 Å². The van der Waals surface area contributed by atoms with Crippen LogP contribution in [0.15, 0.2) is 42.5 Å². The van der Waals surface area contributed by atoms with Crippen molar-refractivity contribution in [2.24, 2.45) is 5.73 Å². The maximum atomic E-state index is 12.7. The number of nitrogens with one attached hydrogen (secondary N) is 3. The van der Waals surface area contributed by atoms with Gasteiger partial charge in [-0.1, -0.05) is 57.0 Å². The molecule has 13 heteroatoms. The fourth-order valence-electron chi connectivity index (χ4n) is 3.34. The summed E-state index contributed by atoms with van der Waals surface area (Å²) in [5.74, 6) is -3.66. The van der Waals surface area contributed by atoms with Gasteiger partial charge in [0.25, 0.3) is 11.8 Å². The Labute approximate surface area is 240 Å². The summed E-state index contributed by atoms with van der Waals surface area (Å²) in [5.41, 5.74) is 8.22. The first-order valence-electron chi connectivity index (χ1n) is 13.6. The van der Waals surface area contributed by atoms with E-state index >= 15 is 0 Å². The summed E-state index contributed by atoms with van der Waals surface area (Å²) in [4.78, 5) is 75.7. The molecule has 6 amide bonds. The maximum absolute atomic E-state index is 12.7. The molecule has 13 nitrogen and oxygen atoms in total. The minimum atomic E-state index is -1.17. The van der Waals surface area contributed by atoms with Crippen molar-refractivity contribution < 1.29 is 33.5 Å². The highest BCUT2D eigenvalue weighted by molar-refractivity contribution is 5.99. The minimum Gasteiger partial charge on any atom is -0.445 e. The summed E-state index contributed by atoms with van der Waals surface area (Å²) in [6.45, 7) is 7.21. The van der Waals surface area contributed by atoms with Crippen LogP contribution in [0.25, 0.3) is 0 Å². The van der Waals surface area contributed by atoms with Crippen LogP contribution in [0, 0.1) is 0 Å². The van der Waals surface area contributed by atoms with E-state index < -0.39 is 48.4 Å². The second kappa shape index (κ2) is 18.8. The van der Waals surface area contributed by atoms with Crippen LogP contribution in [-0.4, -0.2) is 77.3 Å². The summed E-state index contributed by atoms with van der Waals surface area (Å²) in [6.07, 6.45) is 4.64. The molecule has 41 heavy (non-hydrogen) atoms. The quantitative estimate of drug-likeness (QED) is 0.169. The smallest absolute Gasteiger partial charge is 0.408 e. The van der Waals surface area contributed by atoms with Crippen molar-refractivity contribution in [3.63, 3.8) is 0 Å². The van der Waals surface area contributed by atoms with Crippen molar-refractivity contribution in [1.82, 2.24) is 26.0 Å². The zero-order valence-corrected chi connectivity index (χ0v) is 24.2. The molecule has 1 rings (SSSR count). The first-order valence-corrected chi connectivity index (χ1v) is 13.6. The molecule has 0 radical (unpaired) electrons. The van der Waals surface area contributed by atoms with Crippen molar-refractivity contribution in [3.05, 3.63) is 48.0 Å². The van der Waals surface area contributed by atoms with Crippen LogP contribution < -0.4 is 21.8 Å². The van der Waals surface area contributed by atoms with E-state index in [1.54, 1.807) is 29.2 Å². The van der Waals surface area contributed by atoms with Crippen molar-refractivity contribution >= 4 is 35.6 Å². The summed E-state index contributed by atoms with van der Waals surface area (Å²) in [5, 5.41) is 5.43. The van der Waals surface area contributed by atoms with E-state index in [2.05, 4.69) is 16.1 Å². The van der Waals surface area contributed by atoms with Gasteiger partial charge < -0.3 is 26.0 Å². The lowest BCUT2D eigenvalue weighted by atomic mass is 10.2. The molecule has 0 spiro atoms. The van der Waals surface area contributed by atoms with Gasteiger partial charge in [0.1, 0.15) is 25.2 Å². The number of rotatable bonds is 16. The summed E-state index contributed by atoms with van der Waals surface area (Å²) in [7, 11) is 0. The molecule has 2 atom stereocenters. The normalized spacial score (nSPS) is 12.1. The highest BCUT2D eigenvalue weighted by Crippen LogP contribution is 2.03. The van der Waals surface area contributed by atoms with Gasteiger partial charge in [-0.2, -0.15) is 0 Å². The predicted octanol–water partition coefficient (Wildman–Crippen LogP) is 1.14. The second-order valence-corrected chi connectivity index (χ2v) is 9.39. The first-order chi connectivity index (χ1) is 19.5. The number of primary amides is 1. The highest BCUT2D eigenvalue weighted by Gasteiger charge is 2.24. The number of hydrazine groups is 1. The minimum absolute atomic E-state index is 0.0130. The Hall–Kier alpha value is -4.42. The molecule has 1 aromatic rings. The Bertz CT molecular complexity index is 1060. The third-order valence-electron chi connectivity index (χ3n) is 5.76. The van der Waals surface area contributed by atoms with Crippen molar-refractivity contribution in [3.8, 4) is 0 Å². The van der Waals surface area contributed by atoms with Gasteiger partial charge in [-0.15, -0.1) is 0 Å². The Morgan fingerprint density at radius 3 is 1.98 bits per heavy atom. The number of ether oxygens (including phenoxy) is 1. The van der Waals surface area contributed by atoms with E-state index in [0.29, 0.717) is 18.1 Å². The number of amides is 6. The lowest BCUT2D eigenvalue weighted by Crippen LogP contribution is -2.56. The molecule has 0 heterocycles. The van der Waals surface area contributed by atoms with Crippen LogP contribution in [0.5, 0.6) is 0 Å². The number of nitrogens with zero attached hydrogens (tertiary/aromatic N) is 2. The Balaban J connectivity index is 2.70. The molecule has 226 valence electrons. The average Bonchev–Trinajstić information content (AvgIpc) is 2.94. The van der Waals surface area contributed by atoms with E-state index in [-0.39, 0.29) is 12.5 Å². The maximum Gasteiger partial charge on any atom is 0.408 e. The number of hydrogen-bond acceptors (Lipinski definition) is 7. The monoisotopic (exact) mass is 574 g/mol. The molecule has 0 saturated heterocycles. The lowest BCUT2D eigenvalue weighted by Gasteiger charge is -2.24. The number of alkyl carbamates (subject to hydrolysis) is 1. The molecular formula is C28H42N6O7. The van der Waals surface area contributed by atoms with Crippen LogP contribution in [0.2, 0.25) is 0 Å². The van der Waals surface area contributed by atoms with Gasteiger partial charge >= 0.3 is 6.09 Å². The Kier molecular flexibility index (Phi) is 15.9. The molecule has 0 aliphatic rings. The zero-order valence-electron chi connectivity index (χ0n) is 24.2. The molecule has 0 aromatic heterocycles. The van der Waals surface area contributed by atoms with Crippen molar-refractivity contribution in [2.75, 3.05) is 19.6 Å². The molecule has 0 saturated carbocycles. The first kappa shape index (κ1) is 34.6. The molecule has 0 unspecified atom stereocenters. The number of unbranched alkanes of at least 4 members (excludes halogenated alkanes) is 2. The van der Waals surface area contributed by atoms with E-state index in [4.69, 9.17) is 10.5 Å². The van der Waals surface area contributed by atoms with Gasteiger partial charge in [-0.05, 0) is 32.3 Å².